The minimum atomic E-state index is -0.849. The van der Waals surface area contributed by atoms with Crippen molar-refractivity contribution in [1.29, 1.82) is 0 Å². The summed E-state index contributed by atoms with van der Waals surface area (Å²) in [6.45, 7) is 5.92. The molecule has 0 saturated carbocycles. The van der Waals surface area contributed by atoms with Crippen LogP contribution in [0.25, 0.3) is 6.08 Å². The van der Waals surface area contributed by atoms with Gasteiger partial charge in [0.2, 0.25) is 0 Å². The molecule has 1 amide bonds. The van der Waals surface area contributed by atoms with E-state index >= 15 is 0 Å². The van der Waals surface area contributed by atoms with Crippen LogP contribution in [-0.4, -0.2) is 46.8 Å². The predicted octanol–water partition coefficient (Wildman–Crippen LogP) is 3.23. The average Bonchev–Trinajstić information content (AvgIpc) is 2.87. The largest absolute Gasteiger partial charge is 0.449 e. The van der Waals surface area contributed by atoms with E-state index < -0.39 is 12.1 Å². The van der Waals surface area contributed by atoms with Crippen molar-refractivity contribution in [2.75, 3.05) is 14.1 Å². The number of halogens is 1. The fraction of sp³-hybridized carbons (Fsp3) is 0.350. The molecule has 1 aromatic carbocycles. The number of aryl methyl sites for hydroxylation is 2. The van der Waals surface area contributed by atoms with Crippen LogP contribution in [0.4, 0.5) is 0 Å². The maximum Gasteiger partial charge on any atom is 0.331 e. The van der Waals surface area contributed by atoms with Gasteiger partial charge >= 0.3 is 5.97 Å². The van der Waals surface area contributed by atoms with E-state index in [1.807, 2.05) is 38.1 Å². The van der Waals surface area contributed by atoms with Crippen LogP contribution in [0.3, 0.4) is 0 Å². The number of amides is 1. The topological polar surface area (TPSA) is 64.4 Å². The van der Waals surface area contributed by atoms with Crippen molar-refractivity contribution in [3.63, 3.8) is 0 Å². The molecule has 0 radical (unpaired) electrons. The van der Waals surface area contributed by atoms with Gasteiger partial charge in [-0.1, -0.05) is 41.4 Å². The monoisotopic (exact) mass is 389 g/mol. The number of ether oxygens (including phenoxy) is 1. The van der Waals surface area contributed by atoms with E-state index in [9.17, 15) is 9.59 Å². The first-order valence-electron chi connectivity index (χ1n) is 8.57. The number of carbonyl (C=O) groups excluding carboxylic acids is 2. The fourth-order valence-electron chi connectivity index (χ4n) is 2.51. The maximum atomic E-state index is 12.0. The molecule has 0 aliphatic rings. The van der Waals surface area contributed by atoms with E-state index in [0.717, 1.165) is 5.56 Å². The van der Waals surface area contributed by atoms with Crippen LogP contribution in [-0.2, 0) is 20.9 Å². The highest BCUT2D eigenvalue weighted by Gasteiger charge is 2.18. The molecular formula is C20H24ClN3O3. The Bertz CT molecular complexity index is 854. The van der Waals surface area contributed by atoms with Crippen molar-refractivity contribution in [1.82, 2.24) is 14.7 Å². The molecule has 0 saturated heterocycles. The van der Waals surface area contributed by atoms with E-state index in [-0.39, 0.29) is 5.91 Å². The Labute approximate surface area is 164 Å². The lowest BCUT2D eigenvalue weighted by Gasteiger charge is -2.16. The van der Waals surface area contributed by atoms with Gasteiger partial charge in [-0.2, -0.15) is 5.10 Å². The molecule has 1 atom stereocenters. The Morgan fingerprint density at radius 3 is 2.48 bits per heavy atom. The van der Waals surface area contributed by atoms with Gasteiger partial charge in [0.25, 0.3) is 5.91 Å². The molecule has 0 aliphatic carbocycles. The van der Waals surface area contributed by atoms with Gasteiger partial charge in [-0.15, -0.1) is 0 Å². The summed E-state index contributed by atoms with van der Waals surface area (Å²) in [6.07, 6.45) is 1.97. The van der Waals surface area contributed by atoms with Crippen LogP contribution in [0.2, 0.25) is 5.15 Å². The molecule has 0 spiro atoms. The minimum Gasteiger partial charge on any atom is -0.449 e. The summed E-state index contributed by atoms with van der Waals surface area (Å²) in [5.74, 6) is -0.892. The third kappa shape index (κ3) is 5.44. The summed E-state index contributed by atoms with van der Waals surface area (Å²) in [5, 5.41) is 4.88. The summed E-state index contributed by atoms with van der Waals surface area (Å²) in [4.78, 5) is 25.1. The van der Waals surface area contributed by atoms with Gasteiger partial charge in [0.1, 0.15) is 5.15 Å². The molecule has 1 unspecified atom stereocenters. The summed E-state index contributed by atoms with van der Waals surface area (Å²) in [6, 6.07) is 8.12. The standard InChI is InChI=1S/C20H24ClN3O3/c1-13-6-8-16(9-7-13)12-24-19(21)17(14(2)22-24)10-11-18(25)27-15(3)20(26)23(4)5/h6-11,15H,12H2,1-5H3/b11-10+. The minimum absolute atomic E-state index is 0.281. The van der Waals surface area contributed by atoms with Gasteiger partial charge < -0.3 is 9.64 Å². The molecule has 2 rings (SSSR count). The van der Waals surface area contributed by atoms with Crippen LogP contribution in [0.5, 0.6) is 0 Å². The quantitative estimate of drug-likeness (QED) is 0.562. The maximum absolute atomic E-state index is 12.0. The van der Waals surface area contributed by atoms with Crippen LogP contribution < -0.4 is 0 Å². The lowest BCUT2D eigenvalue weighted by molar-refractivity contribution is -0.153. The molecule has 7 heteroatoms. The van der Waals surface area contributed by atoms with Gasteiger partial charge in [0.05, 0.1) is 12.2 Å². The van der Waals surface area contributed by atoms with E-state index in [1.54, 1.807) is 24.9 Å². The molecule has 0 aliphatic heterocycles. The zero-order chi connectivity index (χ0) is 20.1. The van der Waals surface area contributed by atoms with Gasteiger partial charge in [0.15, 0.2) is 6.10 Å². The number of benzene rings is 1. The molecule has 0 bridgehead atoms. The number of hydrogen-bond acceptors (Lipinski definition) is 4. The SMILES string of the molecule is Cc1ccc(Cn2nc(C)c(/C=C/C(=O)OC(C)C(=O)N(C)C)c2Cl)cc1. The first kappa shape index (κ1) is 20.7. The number of esters is 1. The molecule has 1 heterocycles. The molecule has 0 N–H and O–H groups in total. The van der Waals surface area contributed by atoms with E-state index in [4.69, 9.17) is 16.3 Å². The summed E-state index contributed by atoms with van der Waals surface area (Å²) < 4.78 is 6.79. The van der Waals surface area contributed by atoms with Gasteiger partial charge in [-0.3, -0.25) is 4.79 Å². The molecule has 1 aromatic heterocycles. The summed E-state index contributed by atoms with van der Waals surface area (Å²) in [5.41, 5.74) is 3.61. The van der Waals surface area contributed by atoms with Crippen molar-refractivity contribution in [3.8, 4) is 0 Å². The second-order valence-corrected chi connectivity index (χ2v) is 6.94. The lowest BCUT2D eigenvalue weighted by atomic mass is 10.1. The van der Waals surface area contributed by atoms with Gasteiger partial charge in [-0.25, -0.2) is 9.48 Å². The molecule has 27 heavy (non-hydrogen) atoms. The van der Waals surface area contributed by atoms with E-state index in [0.29, 0.717) is 23.0 Å². The molecule has 2 aromatic rings. The number of carbonyl (C=O) groups is 2. The number of aromatic nitrogens is 2. The van der Waals surface area contributed by atoms with E-state index in [1.165, 1.54) is 23.5 Å². The zero-order valence-corrected chi connectivity index (χ0v) is 16.9. The Morgan fingerprint density at radius 2 is 1.89 bits per heavy atom. The lowest BCUT2D eigenvalue weighted by Crippen LogP contribution is -2.34. The highest BCUT2D eigenvalue weighted by molar-refractivity contribution is 6.31. The summed E-state index contributed by atoms with van der Waals surface area (Å²) >= 11 is 6.43. The number of hydrogen-bond donors (Lipinski definition) is 0. The first-order valence-corrected chi connectivity index (χ1v) is 8.95. The highest BCUT2D eigenvalue weighted by Crippen LogP contribution is 2.22. The molecule has 0 fully saturated rings. The van der Waals surface area contributed by atoms with Crippen LogP contribution in [0, 0.1) is 13.8 Å². The van der Waals surface area contributed by atoms with Crippen LogP contribution >= 0.6 is 11.6 Å². The smallest absolute Gasteiger partial charge is 0.331 e. The van der Waals surface area contributed by atoms with Crippen molar-refractivity contribution < 1.29 is 14.3 Å². The first-order chi connectivity index (χ1) is 12.7. The van der Waals surface area contributed by atoms with Crippen molar-refractivity contribution in [3.05, 3.63) is 57.9 Å². The Morgan fingerprint density at radius 1 is 1.26 bits per heavy atom. The summed E-state index contributed by atoms with van der Waals surface area (Å²) in [7, 11) is 3.21. The average molecular weight is 390 g/mol. The zero-order valence-electron chi connectivity index (χ0n) is 16.2. The predicted molar refractivity (Wildman–Crippen MR) is 106 cm³/mol. The second-order valence-electron chi connectivity index (χ2n) is 6.58. The fourth-order valence-corrected chi connectivity index (χ4v) is 2.80. The van der Waals surface area contributed by atoms with Crippen molar-refractivity contribution in [2.24, 2.45) is 0 Å². The third-order valence-electron chi connectivity index (χ3n) is 4.03. The molecule has 144 valence electrons. The van der Waals surface area contributed by atoms with Crippen molar-refractivity contribution in [2.45, 2.75) is 33.4 Å². The van der Waals surface area contributed by atoms with Gasteiger partial charge in [-0.05, 0) is 32.4 Å². The van der Waals surface area contributed by atoms with Crippen LogP contribution in [0.1, 0.15) is 29.3 Å². The van der Waals surface area contributed by atoms with E-state index in [2.05, 4.69) is 5.10 Å². The second kappa shape index (κ2) is 8.86. The molecular weight excluding hydrogens is 366 g/mol. The Hall–Kier alpha value is -2.60. The van der Waals surface area contributed by atoms with Gasteiger partial charge in [0, 0.05) is 25.7 Å². The van der Waals surface area contributed by atoms with Crippen molar-refractivity contribution >= 4 is 29.6 Å². The normalized spacial score (nSPS) is 12.2. The Balaban J connectivity index is 2.09. The molecule has 6 nitrogen and oxygen atoms in total. The highest BCUT2D eigenvalue weighted by atomic mass is 35.5. The number of likely N-dealkylation sites (N-methyl/N-ethyl adjacent to an activating group) is 1. The number of nitrogens with zero attached hydrogens (tertiary/aromatic N) is 3. The van der Waals surface area contributed by atoms with Crippen LogP contribution in [0.15, 0.2) is 30.3 Å². The Kier molecular flexibility index (Phi) is 6.80. The third-order valence-corrected chi connectivity index (χ3v) is 4.43. The number of rotatable bonds is 6.